The molecule has 1 rings (SSSR count). The summed E-state index contributed by atoms with van der Waals surface area (Å²) < 4.78 is 0. The van der Waals surface area contributed by atoms with E-state index in [0.717, 1.165) is 19.3 Å². The monoisotopic (exact) mass is 125 g/mol. The highest BCUT2D eigenvalue weighted by Crippen LogP contribution is 2.15. The fourth-order valence-corrected chi connectivity index (χ4v) is 0.937. The van der Waals surface area contributed by atoms with Crippen molar-refractivity contribution < 1.29 is 9.90 Å². The quantitative estimate of drug-likeness (QED) is 0.574. The van der Waals surface area contributed by atoms with Crippen molar-refractivity contribution in [1.29, 1.82) is 0 Å². The standard InChI is InChI=1S/C7H9O2/c8-7(9)6-4-2-1-3-5-6/h1-4H2,(H,8,9). The molecule has 2 heteroatoms. The lowest BCUT2D eigenvalue weighted by molar-refractivity contribution is -0.132. The highest BCUT2D eigenvalue weighted by atomic mass is 16.4. The molecular formula is C7H9O2. The normalized spacial score (nSPS) is 18.9. The number of carboxylic acid groups (broad SMARTS) is 1. The zero-order valence-corrected chi connectivity index (χ0v) is 5.18. The van der Waals surface area contributed by atoms with Crippen LogP contribution in [0, 0.1) is 6.08 Å². The van der Waals surface area contributed by atoms with E-state index in [0.29, 0.717) is 12.0 Å². The molecule has 0 amide bonds. The Labute approximate surface area is 54.2 Å². The maximum absolute atomic E-state index is 10.3. The van der Waals surface area contributed by atoms with E-state index in [-0.39, 0.29) is 0 Å². The largest absolute Gasteiger partial charge is 0.478 e. The van der Waals surface area contributed by atoms with Gasteiger partial charge in [-0.15, -0.1) is 0 Å². The summed E-state index contributed by atoms with van der Waals surface area (Å²) in [5, 5.41) is 8.44. The van der Waals surface area contributed by atoms with E-state index in [1.807, 2.05) is 0 Å². The SMILES string of the molecule is O=C(O)C1=[C]CCCC1. The van der Waals surface area contributed by atoms with Gasteiger partial charge in [0.1, 0.15) is 0 Å². The van der Waals surface area contributed by atoms with E-state index in [1.165, 1.54) is 0 Å². The molecule has 9 heavy (non-hydrogen) atoms. The molecule has 0 aromatic rings. The van der Waals surface area contributed by atoms with Crippen molar-refractivity contribution in [3.8, 4) is 0 Å². The molecule has 1 radical (unpaired) electrons. The van der Waals surface area contributed by atoms with E-state index in [2.05, 4.69) is 6.08 Å². The molecule has 0 saturated carbocycles. The lowest BCUT2D eigenvalue weighted by atomic mass is 10.0. The summed E-state index contributed by atoms with van der Waals surface area (Å²) in [6.07, 6.45) is 6.46. The average molecular weight is 125 g/mol. The number of carbonyl (C=O) groups is 1. The Morgan fingerprint density at radius 2 is 2.33 bits per heavy atom. The first-order chi connectivity index (χ1) is 4.30. The molecule has 0 aromatic carbocycles. The Morgan fingerprint density at radius 1 is 1.56 bits per heavy atom. The molecule has 1 N–H and O–H groups in total. The summed E-state index contributed by atoms with van der Waals surface area (Å²) in [7, 11) is 0. The first-order valence-corrected chi connectivity index (χ1v) is 3.13. The maximum atomic E-state index is 10.3. The van der Waals surface area contributed by atoms with E-state index < -0.39 is 5.97 Å². The van der Waals surface area contributed by atoms with Crippen molar-refractivity contribution in [3.63, 3.8) is 0 Å². The van der Waals surface area contributed by atoms with Gasteiger partial charge in [0.05, 0.1) is 0 Å². The van der Waals surface area contributed by atoms with Crippen LogP contribution in [0.1, 0.15) is 25.7 Å². The summed E-state index contributed by atoms with van der Waals surface area (Å²) in [5.41, 5.74) is 0.473. The number of carboxylic acids is 1. The predicted molar refractivity (Wildman–Crippen MR) is 32.9 cm³/mol. The molecule has 1 aliphatic rings. The van der Waals surface area contributed by atoms with E-state index >= 15 is 0 Å². The molecule has 0 spiro atoms. The van der Waals surface area contributed by atoms with Crippen LogP contribution in [0.25, 0.3) is 0 Å². The predicted octanol–water partition coefficient (Wildman–Crippen LogP) is 1.37. The summed E-state index contributed by atoms with van der Waals surface area (Å²) in [4.78, 5) is 10.3. The van der Waals surface area contributed by atoms with Crippen LogP contribution in [0.2, 0.25) is 0 Å². The van der Waals surface area contributed by atoms with Crippen molar-refractivity contribution in [2.45, 2.75) is 25.7 Å². The lowest BCUT2D eigenvalue weighted by Crippen LogP contribution is -2.03. The van der Waals surface area contributed by atoms with Gasteiger partial charge < -0.3 is 5.11 Å². The van der Waals surface area contributed by atoms with Crippen LogP contribution in [-0.4, -0.2) is 11.1 Å². The number of rotatable bonds is 1. The second kappa shape index (κ2) is 2.67. The molecule has 0 saturated heterocycles. The Hall–Kier alpha value is -0.790. The lowest BCUT2D eigenvalue weighted by Gasteiger charge is -2.05. The Bertz CT molecular complexity index is 147. The molecule has 0 bridgehead atoms. The molecule has 0 aromatic heterocycles. The zero-order valence-electron chi connectivity index (χ0n) is 5.18. The highest BCUT2D eigenvalue weighted by Gasteiger charge is 2.09. The fourth-order valence-electron chi connectivity index (χ4n) is 0.937. The third kappa shape index (κ3) is 1.56. The maximum Gasteiger partial charge on any atom is 0.331 e. The van der Waals surface area contributed by atoms with Gasteiger partial charge in [-0.05, 0) is 31.8 Å². The zero-order chi connectivity index (χ0) is 6.69. The van der Waals surface area contributed by atoms with Gasteiger partial charge in [-0.3, -0.25) is 0 Å². The first kappa shape index (κ1) is 6.33. The molecule has 0 atom stereocenters. The van der Waals surface area contributed by atoms with Gasteiger partial charge >= 0.3 is 5.97 Å². The van der Waals surface area contributed by atoms with E-state index in [9.17, 15) is 4.79 Å². The van der Waals surface area contributed by atoms with Crippen molar-refractivity contribution in [2.75, 3.05) is 0 Å². The minimum absolute atomic E-state index is 0.473. The van der Waals surface area contributed by atoms with Gasteiger partial charge in [-0.2, -0.15) is 0 Å². The van der Waals surface area contributed by atoms with Gasteiger partial charge in [0.25, 0.3) is 0 Å². The fraction of sp³-hybridized carbons (Fsp3) is 0.571. The number of allylic oxidation sites excluding steroid dienone is 1. The van der Waals surface area contributed by atoms with Crippen molar-refractivity contribution in [2.24, 2.45) is 0 Å². The Balaban J connectivity index is 2.57. The van der Waals surface area contributed by atoms with Crippen molar-refractivity contribution >= 4 is 5.97 Å². The number of aliphatic carboxylic acids is 1. The number of hydrogen-bond donors (Lipinski definition) is 1. The second-order valence-corrected chi connectivity index (χ2v) is 2.17. The van der Waals surface area contributed by atoms with Crippen LogP contribution in [0.15, 0.2) is 5.57 Å². The van der Waals surface area contributed by atoms with Crippen LogP contribution in [0.3, 0.4) is 0 Å². The summed E-state index contributed by atoms with van der Waals surface area (Å²) in [6, 6.07) is 0. The Morgan fingerprint density at radius 3 is 2.67 bits per heavy atom. The van der Waals surface area contributed by atoms with Gasteiger partial charge in [0, 0.05) is 5.57 Å². The smallest absolute Gasteiger partial charge is 0.331 e. The van der Waals surface area contributed by atoms with Gasteiger partial charge in [0.2, 0.25) is 0 Å². The van der Waals surface area contributed by atoms with Crippen LogP contribution in [-0.2, 0) is 4.79 Å². The summed E-state index contributed by atoms with van der Waals surface area (Å²) in [6.45, 7) is 0. The first-order valence-electron chi connectivity index (χ1n) is 3.13. The topological polar surface area (TPSA) is 37.3 Å². The molecule has 0 unspecified atom stereocenters. The van der Waals surface area contributed by atoms with Crippen LogP contribution in [0.4, 0.5) is 0 Å². The summed E-state index contributed by atoms with van der Waals surface area (Å²) in [5.74, 6) is -0.797. The Kier molecular flexibility index (Phi) is 1.88. The number of hydrogen-bond acceptors (Lipinski definition) is 1. The highest BCUT2D eigenvalue weighted by molar-refractivity contribution is 5.85. The molecule has 0 heterocycles. The van der Waals surface area contributed by atoms with Crippen molar-refractivity contribution in [3.05, 3.63) is 11.6 Å². The third-order valence-electron chi connectivity index (χ3n) is 1.45. The average Bonchev–Trinajstić information content (AvgIpc) is 1.90. The molecule has 49 valence electrons. The third-order valence-corrected chi connectivity index (χ3v) is 1.45. The van der Waals surface area contributed by atoms with E-state index in [4.69, 9.17) is 5.11 Å². The van der Waals surface area contributed by atoms with Crippen LogP contribution >= 0.6 is 0 Å². The molecule has 0 aliphatic heterocycles. The summed E-state index contributed by atoms with van der Waals surface area (Å²) >= 11 is 0. The molecule has 0 fully saturated rings. The molecular weight excluding hydrogens is 116 g/mol. The minimum atomic E-state index is -0.797. The van der Waals surface area contributed by atoms with Gasteiger partial charge in [-0.1, -0.05) is 0 Å². The van der Waals surface area contributed by atoms with E-state index in [1.54, 1.807) is 0 Å². The van der Waals surface area contributed by atoms with Gasteiger partial charge in [-0.25, -0.2) is 4.79 Å². The molecule has 2 nitrogen and oxygen atoms in total. The van der Waals surface area contributed by atoms with Crippen molar-refractivity contribution in [1.82, 2.24) is 0 Å². The second-order valence-electron chi connectivity index (χ2n) is 2.17. The van der Waals surface area contributed by atoms with Crippen LogP contribution in [0.5, 0.6) is 0 Å². The minimum Gasteiger partial charge on any atom is -0.478 e. The molecule has 1 aliphatic carbocycles. The van der Waals surface area contributed by atoms with Gasteiger partial charge in [0.15, 0.2) is 0 Å². The van der Waals surface area contributed by atoms with Crippen LogP contribution < -0.4 is 0 Å².